The van der Waals surface area contributed by atoms with Gasteiger partial charge in [0, 0.05) is 12.3 Å². The molecule has 0 aliphatic heterocycles. The highest BCUT2D eigenvalue weighted by Crippen LogP contribution is 2.48. The molecule has 8 nitrogen and oxygen atoms in total. The zero-order valence-corrected chi connectivity index (χ0v) is 13.1. The standard InChI is InChI=1S/C13H8ClF3N4O4/c1-6-3-2-4-18-12(6)19-10-8(20(22)23)5-7(13(15,16)17)9(14)11(10)21(24)25/h2-5H,1H3,(H,18,19). The van der Waals surface area contributed by atoms with Crippen LogP contribution < -0.4 is 5.32 Å². The Morgan fingerprint density at radius 3 is 2.36 bits per heavy atom. The Labute approximate surface area is 142 Å². The summed E-state index contributed by atoms with van der Waals surface area (Å²) in [5, 5.41) is 23.5. The first kappa shape index (κ1) is 18.4. The van der Waals surface area contributed by atoms with Crippen LogP contribution in [0.4, 0.5) is 36.1 Å². The van der Waals surface area contributed by atoms with Gasteiger partial charge in [0.1, 0.15) is 10.8 Å². The Kier molecular flexibility index (Phi) is 4.79. The fourth-order valence-electron chi connectivity index (χ4n) is 2.01. The SMILES string of the molecule is Cc1cccnc1Nc1c([N+](=O)[O-])cc(C(F)(F)F)c(Cl)c1[N+](=O)[O-]. The summed E-state index contributed by atoms with van der Waals surface area (Å²) < 4.78 is 39.0. The summed E-state index contributed by atoms with van der Waals surface area (Å²) in [6, 6.07) is 3.25. The minimum atomic E-state index is -5.11. The van der Waals surface area contributed by atoms with Gasteiger partial charge in [-0.25, -0.2) is 4.98 Å². The predicted molar refractivity (Wildman–Crippen MR) is 82.0 cm³/mol. The number of aromatic nitrogens is 1. The number of benzene rings is 1. The van der Waals surface area contributed by atoms with Crippen LogP contribution in [0.5, 0.6) is 0 Å². The minimum absolute atomic E-state index is 0.00419. The van der Waals surface area contributed by atoms with Crippen molar-refractivity contribution in [2.75, 3.05) is 5.32 Å². The van der Waals surface area contributed by atoms with Gasteiger partial charge >= 0.3 is 17.6 Å². The maximum absolute atomic E-state index is 13.0. The van der Waals surface area contributed by atoms with Crippen LogP contribution in [-0.4, -0.2) is 14.8 Å². The number of hydrogen-bond donors (Lipinski definition) is 1. The molecule has 132 valence electrons. The van der Waals surface area contributed by atoms with Gasteiger partial charge in [0.25, 0.3) is 0 Å². The van der Waals surface area contributed by atoms with Crippen molar-refractivity contribution in [2.45, 2.75) is 13.1 Å². The zero-order chi connectivity index (χ0) is 18.9. The fraction of sp³-hybridized carbons (Fsp3) is 0.154. The van der Waals surface area contributed by atoms with E-state index in [2.05, 4.69) is 10.3 Å². The molecule has 0 atom stereocenters. The summed E-state index contributed by atoms with van der Waals surface area (Å²) in [4.78, 5) is 23.9. The van der Waals surface area contributed by atoms with Gasteiger partial charge in [0.15, 0.2) is 5.69 Å². The van der Waals surface area contributed by atoms with E-state index in [9.17, 15) is 33.4 Å². The Morgan fingerprint density at radius 1 is 1.24 bits per heavy atom. The van der Waals surface area contributed by atoms with Crippen molar-refractivity contribution in [3.05, 3.63) is 60.8 Å². The Balaban J connectivity index is 2.81. The number of halogens is 4. The maximum atomic E-state index is 13.0. The van der Waals surface area contributed by atoms with E-state index < -0.39 is 43.7 Å². The molecule has 0 aliphatic carbocycles. The lowest BCUT2D eigenvalue weighted by Gasteiger charge is -2.14. The van der Waals surface area contributed by atoms with Crippen LogP contribution in [0.25, 0.3) is 0 Å². The summed E-state index contributed by atoms with van der Waals surface area (Å²) >= 11 is 5.53. The number of nitrogens with zero attached hydrogens (tertiary/aromatic N) is 3. The molecule has 0 bridgehead atoms. The van der Waals surface area contributed by atoms with E-state index in [0.29, 0.717) is 5.56 Å². The van der Waals surface area contributed by atoms with Crippen LogP contribution in [0.1, 0.15) is 11.1 Å². The lowest BCUT2D eigenvalue weighted by molar-refractivity contribution is -0.392. The number of nitrogens with one attached hydrogen (secondary N) is 1. The lowest BCUT2D eigenvalue weighted by atomic mass is 10.1. The number of anilines is 2. The molecule has 1 aromatic heterocycles. The van der Waals surface area contributed by atoms with Crippen LogP contribution in [0.2, 0.25) is 5.02 Å². The molecule has 0 saturated carbocycles. The molecule has 2 aromatic rings. The van der Waals surface area contributed by atoms with Gasteiger partial charge in [-0.1, -0.05) is 17.7 Å². The molecule has 0 aliphatic rings. The van der Waals surface area contributed by atoms with Crippen LogP contribution in [0.15, 0.2) is 24.4 Å². The van der Waals surface area contributed by atoms with Crippen LogP contribution in [-0.2, 0) is 6.18 Å². The molecular formula is C13H8ClF3N4O4. The largest absolute Gasteiger partial charge is 0.418 e. The molecule has 12 heteroatoms. The predicted octanol–water partition coefficient (Wildman–Crippen LogP) is 4.62. The summed E-state index contributed by atoms with van der Waals surface area (Å²) in [6.07, 6.45) is -3.80. The third-order valence-electron chi connectivity index (χ3n) is 3.16. The molecule has 25 heavy (non-hydrogen) atoms. The Bertz CT molecular complexity index is 873. The summed E-state index contributed by atoms with van der Waals surface area (Å²) in [5.74, 6) is 0.00419. The monoisotopic (exact) mass is 376 g/mol. The van der Waals surface area contributed by atoms with Gasteiger partial charge in [-0.05, 0) is 18.6 Å². The average Bonchev–Trinajstić information content (AvgIpc) is 2.47. The second kappa shape index (κ2) is 6.51. The molecular weight excluding hydrogens is 369 g/mol. The van der Waals surface area contributed by atoms with Gasteiger partial charge in [0.2, 0.25) is 0 Å². The molecule has 1 aromatic carbocycles. The molecule has 0 amide bonds. The van der Waals surface area contributed by atoms with Gasteiger partial charge in [-0.15, -0.1) is 0 Å². The molecule has 2 rings (SSSR count). The average molecular weight is 377 g/mol. The number of pyridine rings is 1. The van der Waals surface area contributed by atoms with E-state index in [1.807, 2.05) is 0 Å². The van der Waals surface area contributed by atoms with Crippen molar-refractivity contribution >= 4 is 34.5 Å². The topological polar surface area (TPSA) is 111 Å². The quantitative estimate of drug-likeness (QED) is 0.615. The first-order valence-electron chi connectivity index (χ1n) is 6.45. The summed E-state index contributed by atoms with van der Waals surface area (Å²) in [7, 11) is 0. The first-order chi connectivity index (χ1) is 11.5. The molecule has 1 heterocycles. The highest BCUT2D eigenvalue weighted by molar-refractivity contribution is 6.34. The Morgan fingerprint density at radius 2 is 1.88 bits per heavy atom. The van der Waals surface area contributed by atoms with Crippen molar-refractivity contribution in [1.29, 1.82) is 0 Å². The van der Waals surface area contributed by atoms with Crippen molar-refractivity contribution in [2.24, 2.45) is 0 Å². The molecule has 0 unspecified atom stereocenters. The van der Waals surface area contributed by atoms with Gasteiger partial charge < -0.3 is 5.32 Å². The Hall–Kier alpha value is -2.95. The van der Waals surface area contributed by atoms with Crippen LogP contribution in [0, 0.1) is 27.2 Å². The van der Waals surface area contributed by atoms with Gasteiger partial charge in [-0.2, -0.15) is 13.2 Å². The first-order valence-corrected chi connectivity index (χ1v) is 6.83. The van der Waals surface area contributed by atoms with Gasteiger partial charge in [0.05, 0.1) is 15.4 Å². The number of aryl methyl sites for hydroxylation is 1. The normalized spacial score (nSPS) is 11.2. The third kappa shape index (κ3) is 3.60. The molecule has 0 spiro atoms. The summed E-state index contributed by atoms with van der Waals surface area (Å²) in [6.45, 7) is 1.55. The number of nitro groups is 2. The van der Waals surface area contributed by atoms with Crippen molar-refractivity contribution < 1.29 is 23.0 Å². The number of hydrogen-bond acceptors (Lipinski definition) is 6. The number of nitro benzene ring substituents is 2. The van der Waals surface area contributed by atoms with E-state index in [0.717, 1.165) is 0 Å². The zero-order valence-electron chi connectivity index (χ0n) is 12.3. The van der Waals surface area contributed by atoms with E-state index in [4.69, 9.17) is 11.6 Å². The van der Waals surface area contributed by atoms with Crippen LogP contribution in [0.3, 0.4) is 0 Å². The minimum Gasteiger partial charge on any atom is -0.329 e. The van der Waals surface area contributed by atoms with E-state index in [1.165, 1.54) is 6.20 Å². The lowest BCUT2D eigenvalue weighted by Crippen LogP contribution is -2.11. The highest BCUT2D eigenvalue weighted by Gasteiger charge is 2.42. The van der Waals surface area contributed by atoms with Crippen LogP contribution >= 0.6 is 11.6 Å². The van der Waals surface area contributed by atoms with Crippen molar-refractivity contribution in [3.63, 3.8) is 0 Å². The van der Waals surface area contributed by atoms with Gasteiger partial charge in [-0.3, -0.25) is 20.2 Å². The number of alkyl halides is 3. The molecule has 0 fully saturated rings. The van der Waals surface area contributed by atoms with E-state index in [1.54, 1.807) is 19.1 Å². The van der Waals surface area contributed by atoms with E-state index in [-0.39, 0.29) is 11.9 Å². The third-order valence-corrected chi connectivity index (χ3v) is 3.54. The second-order valence-electron chi connectivity index (χ2n) is 4.79. The maximum Gasteiger partial charge on any atom is 0.418 e. The molecule has 0 saturated heterocycles. The number of rotatable bonds is 4. The fourth-order valence-corrected chi connectivity index (χ4v) is 2.34. The second-order valence-corrected chi connectivity index (χ2v) is 5.16. The smallest absolute Gasteiger partial charge is 0.329 e. The molecule has 1 N–H and O–H groups in total. The highest BCUT2D eigenvalue weighted by atomic mass is 35.5. The van der Waals surface area contributed by atoms with Crippen molar-refractivity contribution in [3.8, 4) is 0 Å². The van der Waals surface area contributed by atoms with E-state index >= 15 is 0 Å². The molecule has 0 radical (unpaired) electrons. The summed E-state index contributed by atoms with van der Waals surface area (Å²) in [5.41, 5.74) is -4.39. The van der Waals surface area contributed by atoms with Crippen molar-refractivity contribution in [1.82, 2.24) is 4.98 Å².